The first-order valence-electron chi connectivity index (χ1n) is 13.7. The number of rotatable bonds is 12. The number of hydrogen-bond acceptors (Lipinski definition) is 5. The molecule has 0 saturated heterocycles. The van der Waals surface area contributed by atoms with Gasteiger partial charge in [-0.2, -0.15) is 0 Å². The summed E-state index contributed by atoms with van der Waals surface area (Å²) in [7, 11) is 0. The largest absolute Gasteiger partial charge is 0.487 e. The first-order valence-corrected chi connectivity index (χ1v) is 13.7. The Hall–Kier alpha value is -3.57. The van der Waals surface area contributed by atoms with Crippen molar-refractivity contribution in [3.8, 4) is 33.8 Å². The van der Waals surface area contributed by atoms with E-state index in [1.807, 2.05) is 18.2 Å². The lowest BCUT2D eigenvalue weighted by atomic mass is 9.83. The smallest absolute Gasteiger partial charge is 0.330 e. The van der Waals surface area contributed by atoms with Crippen LogP contribution in [0.25, 0.3) is 22.3 Å². The lowest BCUT2D eigenvalue weighted by molar-refractivity contribution is -0.138. The number of esters is 1. The molecule has 0 amide bonds. The zero-order valence-corrected chi connectivity index (χ0v) is 22.3. The highest BCUT2D eigenvalue weighted by Gasteiger charge is 2.16. The van der Waals surface area contributed by atoms with Gasteiger partial charge < -0.3 is 19.3 Å². The maximum absolute atomic E-state index is 11.3. The lowest BCUT2D eigenvalue weighted by Gasteiger charge is -2.22. The molecule has 1 N–H and O–H groups in total. The van der Waals surface area contributed by atoms with Gasteiger partial charge in [0, 0.05) is 6.08 Å². The van der Waals surface area contributed by atoms with Crippen LogP contribution in [-0.2, 0) is 16.0 Å². The van der Waals surface area contributed by atoms with Crippen molar-refractivity contribution < 1.29 is 24.1 Å². The summed E-state index contributed by atoms with van der Waals surface area (Å²) in [5.41, 5.74) is 7.34. The number of hydrogen-bond donors (Lipinski definition) is 1. The number of benzene rings is 3. The number of ether oxygens (including phenoxy) is 3. The normalized spacial score (nSPS) is 13.6. The van der Waals surface area contributed by atoms with Crippen LogP contribution in [0.1, 0.15) is 56.1 Å². The fourth-order valence-electron chi connectivity index (χ4n) is 5.15. The number of carbonyl (C=O) groups excluding carboxylic acids is 1. The van der Waals surface area contributed by atoms with E-state index in [0.29, 0.717) is 17.4 Å². The van der Waals surface area contributed by atoms with E-state index in [0.717, 1.165) is 23.6 Å². The molecule has 1 aliphatic rings. The number of carbonyl (C=O) groups is 1. The van der Waals surface area contributed by atoms with E-state index in [2.05, 4.69) is 56.0 Å². The van der Waals surface area contributed by atoms with Gasteiger partial charge in [-0.25, -0.2) is 4.79 Å². The second-order valence-corrected chi connectivity index (χ2v) is 9.64. The van der Waals surface area contributed by atoms with Crippen LogP contribution in [0.3, 0.4) is 0 Å². The standard InChI is InChI=1S/C33H38O5/c1-3-24-22-28(14-16-30(24)27-12-10-26(11-13-27)25-8-6-5-7-9-25)29-15-17-31(36-19-18-34)32(23-29)37-20-21-38-33(35)4-2/h4,10-17,22-23,25,34H,2-3,5-9,18-21H2,1H3. The molecule has 1 fully saturated rings. The van der Waals surface area contributed by atoms with E-state index in [-0.39, 0.29) is 26.4 Å². The number of aliphatic hydroxyl groups is 1. The molecule has 0 radical (unpaired) electrons. The van der Waals surface area contributed by atoms with Crippen LogP contribution in [0.5, 0.6) is 11.5 Å². The van der Waals surface area contributed by atoms with Gasteiger partial charge in [0.25, 0.3) is 0 Å². The molecule has 3 aromatic carbocycles. The van der Waals surface area contributed by atoms with Gasteiger partial charge in [-0.15, -0.1) is 0 Å². The predicted octanol–water partition coefficient (Wildman–Crippen LogP) is 7.11. The minimum absolute atomic E-state index is 0.0961. The Balaban J connectivity index is 1.54. The summed E-state index contributed by atoms with van der Waals surface area (Å²) in [6, 6.07) is 21.5. The maximum Gasteiger partial charge on any atom is 0.330 e. The first-order chi connectivity index (χ1) is 18.6. The first kappa shape index (κ1) is 27.5. The predicted molar refractivity (Wildman–Crippen MR) is 152 cm³/mol. The summed E-state index contributed by atoms with van der Waals surface area (Å²) in [5, 5.41) is 9.18. The molecular weight excluding hydrogens is 476 g/mol. The quantitative estimate of drug-likeness (QED) is 0.159. The molecule has 4 rings (SSSR count). The van der Waals surface area contributed by atoms with Crippen molar-refractivity contribution in [2.75, 3.05) is 26.4 Å². The molecule has 5 nitrogen and oxygen atoms in total. The third-order valence-corrected chi connectivity index (χ3v) is 7.16. The van der Waals surface area contributed by atoms with Gasteiger partial charge in [-0.05, 0) is 70.7 Å². The van der Waals surface area contributed by atoms with Crippen LogP contribution in [0.15, 0.2) is 73.3 Å². The zero-order valence-electron chi connectivity index (χ0n) is 22.3. The van der Waals surface area contributed by atoms with Gasteiger partial charge in [0.2, 0.25) is 0 Å². The van der Waals surface area contributed by atoms with Crippen molar-refractivity contribution in [2.24, 2.45) is 0 Å². The number of aryl methyl sites for hydroxylation is 1. The molecule has 0 spiro atoms. The van der Waals surface area contributed by atoms with E-state index < -0.39 is 5.97 Å². The van der Waals surface area contributed by atoms with Crippen LogP contribution in [0.2, 0.25) is 0 Å². The number of aliphatic hydroxyl groups excluding tert-OH is 1. The summed E-state index contributed by atoms with van der Waals surface area (Å²) >= 11 is 0. The monoisotopic (exact) mass is 514 g/mol. The highest BCUT2D eigenvalue weighted by Crippen LogP contribution is 2.37. The van der Waals surface area contributed by atoms with Crippen LogP contribution < -0.4 is 9.47 Å². The molecule has 0 heterocycles. The molecule has 5 heteroatoms. The van der Waals surface area contributed by atoms with E-state index >= 15 is 0 Å². The van der Waals surface area contributed by atoms with Gasteiger partial charge in [-0.1, -0.05) is 81.3 Å². The molecule has 200 valence electrons. The Morgan fingerprint density at radius 1 is 0.868 bits per heavy atom. The van der Waals surface area contributed by atoms with Crippen molar-refractivity contribution in [3.63, 3.8) is 0 Å². The summed E-state index contributed by atoms with van der Waals surface area (Å²) in [5.74, 6) is 1.28. The summed E-state index contributed by atoms with van der Waals surface area (Å²) in [6.07, 6.45) is 8.72. The lowest BCUT2D eigenvalue weighted by Crippen LogP contribution is -2.11. The molecule has 38 heavy (non-hydrogen) atoms. The fraction of sp³-hybridized carbons (Fsp3) is 0.364. The topological polar surface area (TPSA) is 65.0 Å². The minimum Gasteiger partial charge on any atom is -0.487 e. The van der Waals surface area contributed by atoms with Gasteiger partial charge in [0.1, 0.15) is 19.8 Å². The third-order valence-electron chi connectivity index (χ3n) is 7.16. The van der Waals surface area contributed by atoms with Crippen LogP contribution in [0, 0.1) is 0 Å². The van der Waals surface area contributed by atoms with Crippen LogP contribution in [0.4, 0.5) is 0 Å². The van der Waals surface area contributed by atoms with Crippen molar-refractivity contribution in [1.82, 2.24) is 0 Å². The van der Waals surface area contributed by atoms with Crippen molar-refractivity contribution in [2.45, 2.75) is 51.4 Å². The van der Waals surface area contributed by atoms with Gasteiger partial charge in [-0.3, -0.25) is 0 Å². The second-order valence-electron chi connectivity index (χ2n) is 9.64. The highest BCUT2D eigenvalue weighted by atomic mass is 16.6. The van der Waals surface area contributed by atoms with E-state index in [4.69, 9.17) is 14.2 Å². The molecule has 1 saturated carbocycles. The van der Waals surface area contributed by atoms with Crippen LogP contribution >= 0.6 is 0 Å². The summed E-state index contributed by atoms with van der Waals surface area (Å²) < 4.78 is 16.5. The maximum atomic E-state index is 11.3. The van der Waals surface area contributed by atoms with Crippen molar-refractivity contribution >= 4 is 5.97 Å². The van der Waals surface area contributed by atoms with Crippen LogP contribution in [-0.4, -0.2) is 37.5 Å². The minimum atomic E-state index is -0.491. The van der Waals surface area contributed by atoms with Gasteiger partial charge >= 0.3 is 5.97 Å². The second kappa shape index (κ2) is 13.8. The Morgan fingerprint density at radius 2 is 1.55 bits per heavy atom. The molecule has 0 atom stereocenters. The molecule has 0 bridgehead atoms. The van der Waals surface area contributed by atoms with E-state index in [9.17, 15) is 9.90 Å². The van der Waals surface area contributed by atoms with Crippen molar-refractivity contribution in [1.29, 1.82) is 0 Å². The van der Waals surface area contributed by atoms with Gasteiger partial charge in [0.05, 0.1) is 6.61 Å². The fourth-order valence-corrected chi connectivity index (χ4v) is 5.15. The molecular formula is C33H38O5. The Morgan fingerprint density at radius 3 is 2.26 bits per heavy atom. The van der Waals surface area contributed by atoms with E-state index in [1.54, 1.807) is 0 Å². The Labute approximate surface area is 226 Å². The highest BCUT2D eigenvalue weighted by molar-refractivity contribution is 5.81. The Kier molecular flexibility index (Phi) is 9.99. The van der Waals surface area contributed by atoms with Crippen molar-refractivity contribution in [3.05, 3.63) is 84.4 Å². The molecule has 0 unspecified atom stereocenters. The third kappa shape index (κ3) is 7.05. The molecule has 3 aromatic rings. The summed E-state index contributed by atoms with van der Waals surface area (Å²) in [4.78, 5) is 11.3. The Bertz CT molecular complexity index is 1210. The average molecular weight is 515 g/mol. The SMILES string of the molecule is C=CC(=O)OCCOc1cc(-c2ccc(-c3ccc(C4CCCCC4)cc3)c(CC)c2)ccc1OCCO. The van der Waals surface area contributed by atoms with Gasteiger partial charge in [0.15, 0.2) is 11.5 Å². The summed E-state index contributed by atoms with van der Waals surface area (Å²) in [6.45, 7) is 5.92. The molecule has 1 aliphatic carbocycles. The van der Waals surface area contributed by atoms with E-state index in [1.165, 1.54) is 54.4 Å². The average Bonchev–Trinajstić information content (AvgIpc) is 2.98. The molecule has 0 aliphatic heterocycles. The zero-order chi connectivity index (χ0) is 26.7. The molecule has 0 aromatic heterocycles.